The number of aryl methyl sites for hydroxylation is 2. The van der Waals surface area contributed by atoms with Gasteiger partial charge in [0.2, 0.25) is 0 Å². The Morgan fingerprint density at radius 1 is 1.18 bits per heavy atom. The van der Waals surface area contributed by atoms with Crippen LogP contribution < -0.4 is 10.1 Å². The lowest BCUT2D eigenvalue weighted by Crippen LogP contribution is -2.23. The maximum absolute atomic E-state index is 5.89. The Labute approximate surface area is 104 Å². The molecule has 1 aliphatic rings. The molecule has 17 heavy (non-hydrogen) atoms. The van der Waals surface area contributed by atoms with Crippen molar-refractivity contribution < 1.29 is 4.74 Å². The lowest BCUT2D eigenvalue weighted by molar-refractivity contribution is 0.309. The smallest absolute Gasteiger partial charge is 0.125 e. The first-order valence-electron chi connectivity index (χ1n) is 6.59. The zero-order valence-corrected chi connectivity index (χ0v) is 11.2. The Hall–Kier alpha value is -1.02. The average molecular weight is 233 g/mol. The quantitative estimate of drug-likeness (QED) is 0.763. The van der Waals surface area contributed by atoms with Gasteiger partial charge in [-0.1, -0.05) is 12.1 Å². The van der Waals surface area contributed by atoms with Crippen molar-refractivity contribution in [3.8, 4) is 5.75 Å². The summed E-state index contributed by atoms with van der Waals surface area (Å²) in [5, 5.41) is 3.45. The van der Waals surface area contributed by atoms with Gasteiger partial charge in [0.1, 0.15) is 12.4 Å². The second-order valence-corrected chi connectivity index (χ2v) is 5.15. The lowest BCUT2D eigenvalue weighted by atomic mass is 10.1. The SMILES string of the molecule is Cc1ccc(C)c(OCCNCC2CC2)c1C. The van der Waals surface area contributed by atoms with Gasteiger partial charge in [-0.15, -0.1) is 0 Å². The summed E-state index contributed by atoms with van der Waals surface area (Å²) in [6.45, 7) is 9.25. The van der Waals surface area contributed by atoms with Crippen LogP contribution in [0.5, 0.6) is 5.75 Å². The van der Waals surface area contributed by atoms with Crippen molar-refractivity contribution in [1.29, 1.82) is 0 Å². The van der Waals surface area contributed by atoms with Gasteiger partial charge < -0.3 is 10.1 Å². The molecular weight excluding hydrogens is 210 g/mol. The first-order valence-corrected chi connectivity index (χ1v) is 6.59. The highest BCUT2D eigenvalue weighted by Crippen LogP contribution is 2.27. The molecular formula is C15H23NO. The molecule has 1 aromatic carbocycles. The third kappa shape index (κ3) is 3.47. The van der Waals surface area contributed by atoms with E-state index < -0.39 is 0 Å². The predicted octanol–water partition coefficient (Wildman–Crippen LogP) is 2.99. The Balaban J connectivity index is 1.78. The molecule has 0 spiro atoms. The maximum atomic E-state index is 5.89. The maximum Gasteiger partial charge on any atom is 0.125 e. The molecule has 0 saturated heterocycles. The average Bonchev–Trinajstić information content (AvgIpc) is 3.11. The third-order valence-electron chi connectivity index (χ3n) is 3.53. The summed E-state index contributed by atoms with van der Waals surface area (Å²) >= 11 is 0. The highest BCUT2D eigenvalue weighted by atomic mass is 16.5. The summed E-state index contributed by atoms with van der Waals surface area (Å²) in [5.41, 5.74) is 3.80. The molecule has 0 atom stereocenters. The van der Waals surface area contributed by atoms with Crippen molar-refractivity contribution in [2.45, 2.75) is 33.6 Å². The number of benzene rings is 1. The molecule has 1 aliphatic carbocycles. The molecule has 1 aromatic rings. The number of nitrogens with one attached hydrogen (secondary N) is 1. The van der Waals surface area contributed by atoms with Gasteiger partial charge in [0, 0.05) is 6.54 Å². The minimum Gasteiger partial charge on any atom is -0.492 e. The minimum atomic E-state index is 0.762. The highest BCUT2D eigenvalue weighted by Gasteiger charge is 2.19. The van der Waals surface area contributed by atoms with Crippen molar-refractivity contribution in [3.05, 3.63) is 28.8 Å². The molecule has 0 unspecified atom stereocenters. The van der Waals surface area contributed by atoms with Gasteiger partial charge in [0.05, 0.1) is 0 Å². The molecule has 0 heterocycles. The van der Waals surface area contributed by atoms with E-state index in [0.717, 1.165) is 31.4 Å². The van der Waals surface area contributed by atoms with Gasteiger partial charge >= 0.3 is 0 Å². The van der Waals surface area contributed by atoms with E-state index in [9.17, 15) is 0 Å². The van der Waals surface area contributed by atoms with Crippen LogP contribution in [0.1, 0.15) is 29.5 Å². The molecule has 0 radical (unpaired) electrons. The molecule has 0 bridgehead atoms. The second-order valence-electron chi connectivity index (χ2n) is 5.15. The van der Waals surface area contributed by atoms with Crippen LogP contribution in [0.4, 0.5) is 0 Å². The fourth-order valence-electron chi connectivity index (χ4n) is 2.00. The standard InChI is InChI=1S/C15H23NO/c1-11-4-5-12(2)15(13(11)3)17-9-8-16-10-14-6-7-14/h4-5,14,16H,6-10H2,1-3H3. The van der Waals surface area contributed by atoms with Crippen LogP contribution in [-0.2, 0) is 0 Å². The number of hydrogen-bond donors (Lipinski definition) is 1. The van der Waals surface area contributed by atoms with Gasteiger partial charge in [-0.05, 0) is 62.8 Å². The van der Waals surface area contributed by atoms with E-state index in [1.807, 2.05) is 0 Å². The number of ether oxygens (including phenoxy) is 1. The summed E-state index contributed by atoms with van der Waals surface area (Å²) in [6.07, 6.45) is 2.81. The van der Waals surface area contributed by atoms with Crippen molar-refractivity contribution in [2.24, 2.45) is 5.92 Å². The monoisotopic (exact) mass is 233 g/mol. The van der Waals surface area contributed by atoms with E-state index >= 15 is 0 Å². The zero-order chi connectivity index (χ0) is 12.3. The zero-order valence-electron chi connectivity index (χ0n) is 11.2. The Morgan fingerprint density at radius 2 is 1.88 bits per heavy atom. The van der Waals surface area contributed by atoms with Gasteiger partial charge in [0.15, 0.2) is 0 Å². The molecule has 0 amide bonds. The summed E-state index contributed by atoms with van der Waals surface area (Å²) in [5.74, 6) is 2.01. The summed E-state index contributed by atoms with van der Waals surface area (Å²) < 4.78 is 5.89. The molecule has 1 saturated carbocycles. The van der Waals surface area contributed by atoms with E-state index in [-0.39, 0.29) is 0 Å². The van der Waals surface area contributed by atoms with Crippen LogP contribution in [0.25, 0.3) is 0 Å². The largest absolute Gasteiger partial charge is 0.492 e. The Kier molecular flexibility index (Phi) is 4.06. The van der Waals surface area contributed by atoms with E-state index in [2.05, 4.69) is 38.2 Å². The normalized spacial score (nSPS) is 15.0. The van der Waals surface area contributed by atoms with E-state index in [1.54, 1.807) is 0 Å². The van der Waals surface area contributed by atoms with Crippen LogP contribution in [0.3, 0.4) is 0 Å². The molecule has 2 rings (SSSR count). The van der Waals surface area contributed by atoms with Crippen LogP contribution in [-0.4, -0.2) is 19.7 Å². The van der Waals surface area contributed by atoms with Crippen LogP contribution >= 0.6 is 0 Å². The van der Waals surface area contributed by atoms with Gasteiger partial charge in [-0.25, -0.2) is 0 Å². The molecule has 0 aliphatic heterocycles. The summed E-state index contributed by atoms with van der Waals surface area (Å²) in [4.78, 5) is 0. The highest BCUT2D eigenvalue weighted by molar-refractivity contribution is 5.44. The third-order valence-corrected chi connectivity index (χ3v) is 3.53. The van der Waals surface area contributed by atoms with E-state index in [0.29, 0.717) is 0 Å². The fraction of sp³-hybridized carbons (Fsp3) is 0.600. The molecule has 1 N–H and O–H groups in total. The van der Waals surface area contributed by atoms with Crippen molar-refractivity contribution in [3.63, 3.8) is 0 Å². The lowest BCUT2D eigenvalue weighted by Gasteiger charge is -2.14. The minimum absolute atomic E-state index is 0.762. The fourth-order valence-corrected chi connectivity index (χ4v) is 2.00. The number of rotatable bonds is 6. The van der Waals surface area contributed by atoms with Crippen molar-refractivity contribution in [2.75, 3.05) is 19.7 Å². The van der Waals surface area contributed by atoms with Crippen molar-refractivity contribution in [1.82, 2.24) is 5.32 Å². The van der Waals surface area contributed by atoms with Gasteiger partial charge in [0.25, 0.3) is 0 Å². The molecule has 2 heteroatoms. The molecule has 1 fully saturated rings. The van der Waals surface area contributed by atoms with Gasteiger partial charge in [-0.2, -0.15) is 0 Å². The Morgan fingerprint density at radius 3 is 2.59 bits per heavy atom. The van der Waals surface area contributed by atoms with Crippen LogP contribution in [0.2, 0.25) is 0 Å². The summed E-state index contributed by atoms with van der Waals surface area (Å²) in [6, 6.07) is 4.29. The van der Waals surface area contributed by atoms with E-state index in [4.69, 9.17) is 4.74 Å². The summed E-state index contributed by atoms with van der Waals surface area (Å²) in [7, 11) is 0. The topological polar surface area (TPSA) is 21.3 Å². The van der Waals surface area contributed by atoms with Gasteiger partial charge in [-0.3, -0.25) is 0 Å². The van der Waals surface area contributed by atoms with Crippen molar-refractivity contribution >= 4 is 0 Å². The first-order chi connectivity index (χ1) is 8.18. The Bertz CT molecular complexity index is 383. The molecule has 0 aromatic heterocycles. The van der Waals surface area contributed by atoms with Crippen LogP contribution in [0.15, 0.2) is 12.1 Å². The molecule has 2 nitrogen and oxygen atoms in total. The van der Waals surface area contributed by atoms with Crippen LogP contribution in [0, 0.1) is 26.7 Å². The van der Waals surface area contributed by atoms with E-state index in [1.165, 1.54) is 29.5 Å². The second kappa shape index (κ2) is 5.54. The molecule has 94 valence electrons. The predicted molar refractivity (Wildman–Crippen MR) is 71.7 cm³/mol. The number of hydrogen-bond acceptors (Lipinski definition) is 2. The first kappa shape index (κ1) is 12.4.